The first-order valence-electron chi connectivity index (χ1n) is 5.48. The molecule has 0 aliphatic heterocycles. The molecule has 0 atom stereocenters. The summed E-state index contributed by atoms with van der Waals surface area (Å²) in [5.41, 5.74) is 7.37. The molecule has 2 aromatic rings. The van der Waals surface area contributed by atoms with Crippen molar-refractivity contribution in [2.45, 2.75) is 13.8 Å². The molecule has 0 saturated carbocycles. The highest BCUT2D eigenvalue weighted by Gasteiger charge is 2.04. The number of nitrogen functional groups attached to an aromatic ring is 1. The Bertz CT molecular complexity index is 568. The van der Waals surface area contributed by atoms with Crippen molar-refractivity contribution < 1.29 is 15.0 Å². The second-order valence-corrected chi connectivity index (χ2v) is 3.90. The topological polar surface area (TPSA) is 109 Å². The molecule has 1 aromatic heterocycles. The normalized spacial score (nSPS) is 9.37. The summed E-state index contributed by atoms with van der Waals surface area (Å²) in [6.45, 7) is 3.75. The van der Waals surface area contributed by atoms with Crippen LogP contribution >= 0.6 is 0 Å². The molecule has 0 bridgehead atoms. The number of nitrogens with two attached hydrogens (primary N) is 1. The summed E-state index contributed by atoms with van der Waals surface area (Å²) in [6, 6.07) is 6.66. The van der Waals surface area contributed by atoms with Gasteiger partial charge in [0.05, 0.1) is 5.56 Å². The Morgan fingerprint density at radius 3 is 2.37 bits per heavy atom. The number of rotatable bonds is 1. The molecule has 2 rings (SSSR count). The van der Waals surface area contributed by atoms with Gasteiger partial charge in [-0.15, -0.1) is 0 Å². The molecule has 0 saturated heterocycles. The zero-order valence-electron chi connectivity index (χ0n) is 10.7. The van der Waals surface area contributed by atoms with Gasteiger partial charge in [-0.25, -0.2) is 9.78 Å². The number of anilines is 1. The van der Waals surface area contributed by atoms with Gasteiger partial charge < -0.3 is 15.9 Å². The summed E-state index contributed by atoms with van der Waals surface area (Å²) in [6.07, 6.45) is 1.39. The number of aromatic hydroxyl groups is 1. The Hall–Kier alpha value is -2.63. The molecule has 0 aliphatic carbocycles. The monoisotopic (exact) mass is 261 g/mol. The number of aryl methyl sites for hydroxylation is 2. The van der Waals surface area contributed by atoms with Crippen LogP contribution in [-0.4, -0.2) is 26.2 Å². The van der Waals surface area contributed by atoms with Crippen LogP contribution in [0.3, 0.4) is 0 Å². The Labute approximate surface area is 110 Å². The molecule has 0 radical (unpaired) electrons. The number of benzene rings is 1. The van der Waals surface area contributed by atoms with E-state index < -0.39 is 5.97 Å². The van der Waals surface area contributed by atoms with Crippen LogP contribution in [0.5, 0.6) is 5.88 Å². The molecular weight excluding hydrogens is 246 g/mol. The smallest absolute Gasteiger partial charge is 0.335 e. The molecule has 0 unspecified atom stereocenters. The molecule has 19 heavy (non-hydrogen) atoms. The zero-order valence-corrected chi connectivity index (χ0v) is 10.7. The lowest BCUT2D eigenvalue weighted by Crippen LogP contribution is -1.99. The van der Waals surface area contributed by atoms with Crippen LogP contribution in [0.2, 0.25) is 0 Å². The fourth-order valence-corrected chi connectivity index (χ4v) is 1.42. The number of aromatic nitrogens is 2. The average Bonchev–Trinajstić information content (AvgIpc) is 2.28. The van der Waals surface area contributed by atoms with Crippen molar-refractivity contribution in [3.8, 4) is 5.88 Å². The van der Waals surface area contributed by atoms with Gasteiger partial charge in [-0.1, -0.05) is 17.7 Å². The predicted octanol–water partition coefficient (Wildman–Crippen LogP) is 1.77. The fraction of sp³-hybridized carbons (Fsp3) is 0.154. The summed E-state index contributed by atoms with van der Waals surface area (Å²) in [4.78, 5) is 17.5. The third-order valence-corrected chi connectivity index (χ3v) is 2.27. The number of hydrogen-bond acceptors (Lipinski definition) is 5. The van der Waals surface area contributed by atoms with Crippen molar-refractivity contribution in [3.63, 3.8) is 0 Å². The molecule has 4 N–H and O–H groups in total. The van der Waals surface area contributed by atoms with Crippen LogP contribution in [0.1, 0.15) is 21.5 Å². The van der Waals surface area contributed by atoms with E-state index in [0.29, 0.717) is 5.56 Å². The van der Waals surface area contributed by atoms with E-state index >= 15 is 0 Å². The zero-order chi connectivity index (χ0) is 14.4. The largest absolute Gasteiger partial charge is 0.493 e. The quantitative estimate of drug-likeness (QED) is 0.721. The maximum Gasteiger partial charge on any atom is 0.335 e. The van der Waals surface area contributed by atoms with Gasteiger partial charge in [0, 0.05) is 12.3 Å². The number of carbonyl (C=O) groups is 1. The number of carboxylic acid groups (broad SMARTS) is 1. The van der Waals surface area contributed by atoms with Crippen LogP contribution in [0.15, 0.2) is 30.5 Å². The van der Waals surface area contributed by atoms with Gasteiger partial charge >= 0.3 is 5.97 Å². The van der Waals surface area contributed by atoms with Crippen LogP contribution in [0.25, 0.3) is 0 Å². The van der Waals surface area contributed by atoms with Crippen molar-refractivity contribution in [1.82, 2.24) is 9.97 Å². The third kappa shape index (κ3) is 4.63. The molecule has 0 spiro atoms. The van der Waals surface area contributed by atoms with Crippen LogP contribution in [0, 0.1) is 13.8 Å². The minimum atomic E-state index is -0.859. The maximum atomic E-state index is 10.5. The molecule has 1 aromatic carbocycles. The minimum absolute atomic E-state index is 0.0880. The van der Waals surface area contributed by atoms with Crippen LogP contribution in [-0.2, 0) is 0 Å². The Balaban J connectivity index is 0.000000200. The number of aromatic carboxylic acids is 1. The summed E-state index contributed by atoms with van der Waals surface area (Å²) in [7, 11) is 0. The highest BCUT2D eigenvalue weighted by molar-refractivity contribution is 5.89. The highest BCUT2D eigenvalue weighted by Crippen LogP contribution is 2.09. The Morgan fingerprint density at radius 1 is 1.26 bits per heavy atom. The summed E-state index contributed by atoms with van der Waals surface area (Å²) < 4.78 is 0. The lowest BCUT2D eigenvalue weighted by molar-refractivity contribution is 0.0696. The van der Waals surface area contributed by atoms with Crippen molar-refractivity contribution in [2.75, 3.05) is 5.73 Å². The highest BCUT2D eigenvalue weighted by atomic mass is 16.4. The summed E-state index contributed by atoms with van der Waals surface area (Å²) in [5.74, 6) is -0.870. The van der Waals surface area contributed by atoms with Crippen molar-refractivity contribution in [1.29, 1.82) is 0 Å². The molecule has 0 aliphatic rings. The first-order chi connectivity index (χ1) is 8.90. The third-order valence-electron chi connectivity index (χ3n) is 2.27. The number of carboxylic acids is 1. The van der Waals surface area contributed by atoms with E-state index in [2.05, 4.69) is 9.97 Å². The lowest BCUT2D eigenvalue weighted by Gasteiger charge is -2.00. The fourth-order valence-electron chi connectivity index (χ4n) is 1.42. The van der Waals surface area contributed by atoms with E-state index in [4.69, 9.17) is 15.9 Å². The molecule has 0 fully saturated rings. The number of hydrogen-bond donors (Lipinski definition) is 3. The van der Waals surface area contributed by atoms with E-state index in [1.807, 2.05) is 13.0 Å². The van der Waals surface area contributed by atoms with Gasteiger partial charge in [0.15, 0.2) is 0 Å². The Kier molecular flexibility index (Phi) is 4.82. The average molecular weight is 261 g/mol. The van der Waals surface area contributed by atoms with Crippen molar-refractivity contribution in [3.05, 3.63) is 47.2 Å². The summed E-state index contributed by atoms with van der Waals surface area (Å²) >= 11 is 0. The second-order valence-electron chi connectivity index (χ2n) is 3.90. The maximum absolute atomic E-state index is 10.5. The van der Waals surface area contributed by atoms with Gasteiger partial charge in [-0.2, -0.15) is 4.98 Å². The van der Waals surface area contributed by atoms with Gasteiger partial charge in [0.2, 0.25) is 11.8 Å². The minimum Gasteiger partial charge on any atom is -0.493 e. The molecule has 100 valence electrons. The van der Waals surface area contributed by atoms with Gasteiger partial charge in [0.25, 0.3) is 0 Å². The molecule has 6 nitrogen and oxygen atoms in total. The van der Waals surface area contributed by atoms with Gasteiger partial charge in [0.1, 0.15) is 0 Å². The van der Waals surface area contributed by atoms with Crippen LogP contribution < -0.4 is 5.73 Å². The van der Waals surface area contributed by atoms with E-state index in [1.165, 1.54) is 12.3 Å². The molecule has 6 heteroatoms. The Morgan fingerprint density at radius 2 is 1.95 bits per heavy atom. The van der Waals surface area contributed by atoms with E-state index in [0.717, 1.165) is 11.1 Å². The van der Waals surface area contributed by atoms with E-state index in [1.54, 1.807) is 19.1 Å². The first kappa shape index (κ1) is 14.4. The molecule has 0 amide bonds. The predicted molar refractivity (Wildman–Crippen MR) is 71.0 cm³/mol. The lowest BCUT2D eigenvalue weighted by atomic mass is 10.1. The van der Waals surface area contributed by atoms with E-state index in [-0.39, 0.29) is 11.8 Å². The SMILES string of the molecule is Cc1ccc(C(=O)O)c(C)c1.Nc1nccc(O)n1. The molecule has 1 heterocycles. The van der Waals surface area contributed by atoms with Crippen molar-refractivity contribution in [2.24, 2.45) is 0 Å². The number of nitrogens with zero attached hydrogens (tertiary/aromatic N) is 2. The standard InChI is InChI=1S/C9H10O2.C4H5N3O/c1-6-3-4-8(9(10)11)7(2)5-6;5-4-6-2-1-3(8)7-4/h3-5H,1-2H3,(H,10,11);1-2H,(H3,5,6,7,8). The second kappa shape index (κ2) is 6.34. The first-order valence-corrected chi connectivity index (χ1v) is 5.48. The molecular formula is C13H15N3O3. The van der Waals surface area contributed by atoms with Gasteiger partial charge in [-0.05, 0) is 25.5 Å². The van der Waals surface area contributed by atoms with Gasteiger partial charge in [-0.3, -0.25) is 0 Å². The van der Waals surface area contributed by atoms with Crippen molar-refractivity contribution >= 4 is 11.9 Å². The summed E-state index contributed by atoms with van der Waals surface area (Å²) in [5, 5.41) is 17.2. The van der Waals surface area contributed by atoms with Crippen LogP contribution in [0.4, 0.5) is 5.95 Å². The van der Waals surface area contributed by atoms with E-state index in [9.17, 15) is 4.79 Å².